The number of carbonyl (C=O) groups is 3. The van der Waals surface area contributed by atoms with E-state index in [1.807, 2.05) is 30.3 Å². The number of H-pyrrole nitrogens is 1. The van der Waals surface area contributed by atoms with Crippen molar-refractivity contribution >= 4 is 23.4 Å². The first-order valence-corrected chi connectivity index (χ1v) is 12.4. The Morgan fingerprint density at radius 2 is 1.97 bits per heavy atom. The number of nitrogens with zero attached hydrogens (tertiary/aromatic N) is 4. The molecule has 0 unspecified atom stereocenters. The molecular formula is C26H28N6O3. The zero-order valence-electron chi connectivity index (χ0n) is 19.5. The predicted octanol–water partition coefficient (Wildman–Crippen LogP) is 1.57. The summed E-state index contributed by atoms with van der Waals surface area (Å²) in [5.41, 5.74) is 1.51. The Morgan fingerprint density at radius 3 is 2.80 bits per heavy atom. The summed E-state index contributed by atoms with van der Waals surface area (Å²) in [6.07, 6.45) is 4.85. The highest BCUT2D eigenvalue weighted by Gasteiger charge is 2.67. The van der Waals surface area contributed by atoms with E-state index in [9.17, 15) is 14.4 Å². The Hall–Kier alpha value is -3.64. The van der Waals surface area contributed by atoms with Gasteiger partial charge >= 0.3 is 0 Å². The van der Waals surface area contributed by atoms with Crippen LogP contribution in [-0.4, -0.2) is 71.3 Å². The van der Waals surface area contributed by atoms with Gasteiger partial charge in [0.25, 0.3) is 11.8 Å². The number of benzene rings is 1. The van der Waals surface area contributed by atoms with Gasteiger partial charge in [-0.05, 0) is 44.4 Å². The van der Waals surface area contributed by atoms with Gasteiger partial charge in [0.05, 0.1) is 11.5 Å². The van der Waals surface area contributed by atoms with Crippen molar-refractivity contribution in [3.05, 3.63) is 53.3 Å². The van der Waals surface area contributed by atoms with Crippen molar-refractivity contribution in [2.24, 2.45) is 5.92 Å². The monoisotopic (exact) mass is 472 g/mol. The highest BCUT2D eigenvalue weighted by atomic mass is 16.2. The molecule has 1 aromatic carbocycles. The first-order valence-electron chi connectivity index (χ1n) is 12.4. The van der Waals surface area contributed by atoms with Gasteiger partial charge in [0.2, 0.25) is 5.91 Å². The van der Waals surface area contributed by atoms with Crippen LogP contribution in [0.25, 0.3) is 0 Å². The number of fused-ring (bicyclic) bond motifs is 4. The van der Waals surface area contributed by atoms with Crippen LogP contribution >= 0.6 is 0 Å². The number of aromatic amines is 1. The fourth-order valence-corrected chi connectivity index (χ4v) is 6.68. The number of nitrogens with one attached hydrogen (secondary N) is 2. The van der Waals surface area contributed by atoms with Crippen molar-refractivity contribution in [3.63, 3.8) is 0 Å². The molecule has 3 atom stereocenters. The van der Waals surface area contributed by atoms with E-state index in [2.05, 4.69) is 15.2 Å². The van der Waals surface area contributed by atoms with E-state index in [0.717, 1.165) is 30.6 Å². The van der Waals surface area contributed by atoms with Crippen molar-refractivity contribution in [2.75, 3.05) is 37.6 Å². The second-order valence-electron chi connectivity index (χ2n) is 9.87. The number of hydrogen-bond acceptors (Lipinski definition) is 5. The molecule has 35 heavy (non-hydrogen) atoms. The summed E-state index contributed by atoms with van der Waals surface area (Å²) in [7, 11) is 0. The molecule has 2 bridgehead atoms. The van der Waals surface area contributed by atoms with Crippen LogP contribution in [0.1, 0.15) is 47.3 Å². The average Bonchev–Trinajstić information content (AvgIpc) is 3.63. The number of aromatic nitrogens is 1. The first-order chi connectivity index (χ1) is 17.1. The molecule has 4 aliphatic rings. The van der Waals surface area contributed by atoms with Gasteiger partial charge in [-0.15, -0.1) is 0 Å². The van der Waals surface area contributed by atoms with Crippen LogP contribution in [0, 0.1) is 17.2 Å². The van der Waals surface area contributed by atoms with Crippen LogP contribution in [0.2, 0.25) is 0 Å². The molecule has 4 aliphatic heterocycles. The summed E-state index contributed by atoms with van der Waals surface area (Å²) in [6.45, 7) is 2.39. The van der Waals surface area contributed by atoms with Gasteiger partial charge < -0.3 is 20.1 Å². The maximum atomic E-state index is 14.3. The normalized spacial score (nSPS) is 28.4. The molecule has 3 saturated heterocycles. The number of amides is 3. The summed E-state index contributed by atoms with van der Waals surface area (Å²) in [5.74, 6) is -0.774. The standard InChI is InChI=1S/C26H28N6O3/c27-15-17-13-21(29-16-17)24(34)30-9-4-8-28-23(33)20-14-18-5-3-10-32(18)26(20)19-6-1-2-7-22(19)31(12-11-30)25(26)35/h1-2,6-7,13,16,18,20,29H,3-5,8-12,14H2,(H,28,33)/t18-,20-,26+/m0/s1. The molecule has 180 valence electrons. The third-order valence-electron chi connectivity index (χ3n) is 8.16. The predicted molar refractivity (Wildman–Crippen MR) is 127 cm³/mol. The third-order valence-corrected chi connectivity index (χ3v) is 8.16. The molecule has 0 radical (unpaired) electrons. The van der Waals surface area contributed by atoms with Crippen molar-refractivity contribution in [2.45, 2.75) is 37.3 Å². The quantitative estimate of drug-likeness (QED) is 0.654. The van der Waals surface area contributed by atoms with Crippen molar-refractivity contribution < 1.29 is 14.4 Å². The highest BCUT2D eigenvalue weighted by Crippen LogP contribution is 2.56. The maximum Gasteiger partial charge on any atom is 0.270 e. The fourth-order valence-electron chi connectivity index (χ4n) is 6.68. The molecule has 0 aliphatic carbocycles. The number of anilines is 1. The third kappa shape index (κ3) is 3.13. The Bertz CT molecular complexity index is 1250. The number of carbonyl (C=O) groups excluding carboxylic acids is 3. The Balaban J connectivity index is 1.39. The summed E-state index contributed by atoms with van der Waals surface area (Å²) < 4.78 is 0. The summed E-state index contributed by atoms with van der Waals surface area (Å²) >= 11 is 0. The van der Waals surface area contributed by atoms with Crippen molar-refractivity contribution in [1.29, 1.82) is 5.26 Å². The van der Waals surface area contributed by atoms with Gasteiger partial charge in [-0.3, -0.25) is 19.3 Å². The lowest BCUT2D eigenvalue weighted by molar-refractivity contribution is -0.139. The zero-order chi connectivity index (χ0) is 24.2. The van der Waals surface area contributed by atoms with Gasteiger partial charge in [-0.1, -0.05) is 18.2 Å². The van der Waals surface area contributed by atoms with E-state index < -0.39 is 11.5 Å². The molecule has 9 nitrogen and oxygen atoms in total. The maximum absolute atomic E-state index is 14.3. The van der Waals surface area contributed by atoms with Crippen LogP contribution in [0.4, 0.5) is 5.69 Å². The second kappa shape index (κ2) is 8.24. The van der Waals surface area contributed by atoms with Crippen LogP contribution in [0.15, 0.2) is 36.5 Å². The minimum atomic E-state index is -0.975. The Morgan fingerprint density at radius 1 is 1.11 bits per heavy atom. The number of para-hydroxylation sites is 1. The molecule has 1 spiro atoms. The summed E-state index contributed by atoms with van der Waals surface area (Å²) in [4.78, 5) is 49.8. The number of hydrogen-bond donors (Lipinski definition) is 2. The van der Waals surface area contributed by atoms with Crippen LogP contribution in [0.3, 0.4) is 0 Å². The summed E-state index contributed by atoms with van der Waals surface area (Å²) in [6, 6.07) is 11.6. The first kappa shape index (κ1) is 21.9. The summed E-state index contributed by atoms with van der Waals surface area (Å²) in [5, 5.41) is 12.2. The fraction of sp³-hybridized carbons (Fsp3) is 0.462. The molecule has 3 fully saturated rings. The molecule has 9 heteroatoms. The van der Waals surface area contributed by atoms with E-state index in [0.29, 0.717) is 50.3 Å². The number of nitriles is 1. The molecule has 1 aromatic heterocycles. The molecule has 5 heterocycles. The second-order valence-corrected chi connectivity index (χ2v) is 9.87. The van der Waals surface area contributed by atoms with Crippen LogP contribution in [0.5, 0.6) is 0 Å². The zero-order valence-corrected chi connectivity index (χ0v) is 19.5. The highest BCUT2D eigenvalue weighted by molar-refractivity contribution is 6.11. The Labute approximate surface area is 203 Å². The van der Waals surface area contributed by atoms with Crippen molar-refractivity contribution in [1.82, 2.24) is 20.1 Å². The minimum absolute atomic E-state index is 0.0529. The lowest BCUT2D eigenvalue weighted by Gasteiger charge is -2.37. The van der Waals surface area contributed by atoms with Crippen molar-refractivity contribution in [3.8, 4) is 6.07 Å². The lowest BCUT2D eigenvalue weighted by atomic mass is 9.78. The molecule has 2 N–H and O–H groups in total. The molecule has 6 rings (SSSR count). The SMILES string of the molecule is N#Cc1c[nH]c(C(=O)N2CCCNC(=O)[C@@H]3C[C@@H]4CCCN4[C@@]34C(=O)N(CC2)c2ccccc24)c1. The number of rotatable bonds is 1. The van der Waals surface area contributed by atoms with Gasteiger partial charge in [0.15, 0.2) is 0 Å². The van der Waals surface area contributed by atoms with Gasteiger partial charge in [-0.25, -0.2) is 0 Å². The van der Waals surface area contributed by atoms with Crippen LogP contribution in [-0.2, 0) is 15.1 Å². The molecule has 3 amide bonds. The molecule has 0 saturated carbocycles. The molecule has 2 aromatic rings. The smallest absolute Gasteiger partial charge is 0.270 e. The Kier molecular flexibility index (Phi) is 5.15. The lowest BCUT2D eigenvalue weighted by Crippen LogP contribution is -2.57. The van der Waals surface area contributed by atoms with Crippen LogP contribution < -0.4 is 10.2 Å². The van der Waals surface area contributed by atoms with E-state index in [1.165, 1.54) is 6.20 Å². The van der Waals surface area contributed by atoms with E-state index >= 15 is 0 Å². The van der Waals surface area contributed by atoms with Gasteiger partial charge in [0.1, 0.15) is 17.3 Å². The van der Waals surface area contributed by atoms with Gasteiger partial charge in [0, 0.05) is 49.7 Å². The van der Waals surface area contributed by atoms with Gasteiger partial charge in [-0.2, -0.15) is 5.26 Å². The van der Waals surface area contributed by atoms with E-state index in [4.69, 9.17) is 5.26 Å². The van der Waals surface area contributed by atoms with E-state index in [1.54, 1.807) is 15.9 Å². The largest absolute Gasteiger partial charge is 0.356 e. The molecular weight excluding hydrogens is 444 g/mol. The minimum Gasteiger partial charge on any atom is -0.356 e. The van der Waals surface area contributed by atoms with E-state index in [-0.39, 0.29) is 23.8 Å². The topological polar surface area (TPSA) is 113 Å². The average molecular weight is 473 g/mol.